The zero-order valence-corrected chi connectivity index (χ0v) is 7.15. The van der Waals surface area contributed by atoms with Gasteiger partial charge in [0.05, 0.1) is 0 Å². The third-order valence-electron chi connectivity index (χ3n) is 2.00. The topological polar surface area (TPSA) is 0 Å². The Morgan fingerprint density at radius 1 is 1.40 bits per heavy atom. The molecule has 10 heavy (non-hydrogen) atoms. The van der Waals surface area contributed by atoms with Crippen LogP contribution in [0.15, 0.2) is 0 Å². The third kappa shape index (κ3) is 2.00. The molecule has 0 saturated heterocycles. The van der Waals surface area contributed by atoms with Gasteiger partial charge in [0.1, 0.15) is 0 Å². The van der Waals surface area contributed by atoms with Gasteiger partial charge in [-0.2, -0.15) is 0 Å². The molecule has 0 saturated carbocycles. The average molecular weight is 127 g/mol. The Hall–Kier alpha value is -0.000260. The molecule has 48 valence electrons. The van der Waals surface area contributed by atoms with Crippen molar-refractivity contribution in [3.05, 3.63) is 0 Å². The van der Waals surface area contributed by atoms with Crippen molar-refractivity contribution in [3.8, 4) is 0 Å². The van der Waals surface area contributed by atoms with E-state index in [1.165, 1.54) is 25.0 Å². The van der Waals surface area contributed by atoms with Crippen molar-refractivity contribution in [3.63, 3.8) is 0 Å². The Morgan fingerprint density at radius 3 is 2.50 bits per heavy atom. The van der Waals surface area contributed by atoms with E-state index < -0.39 is 0 Å². The standard InChI is InChI=1S/C6H12B4/c1-4(2)6-7-5(3)8-10-9-6/h4,8,10H,1-3H3. The Balaban J connectivity index is 2.69. The van der Waals surface area contributed by atoms with Crippen molar-refractivity contribution >= 4 is 38.7 Å². The molecule has 0 bridgehead atoms. The first kappa shape index (κ1) is 8.10. The third-order valence-corrected chi connectivity index (χ3v) is 2.00. The van der Waals surface area contributed by atoms with Gasteiger partial charge < -0.3 is 0 Å². The zero-order chi connectivity index (χ0) is 7.56. The molecular formula is C6H12B4. The maximum atomic E-state index is 2.36. The molecule has 0 fully saturated rings. The van der Waals surface area contributed by atoms with Gasteiger partial charge in [0.2, 0.25) is 0 Å². The fourth-order valence-electron chi connectivity index (χ4n) is 1.28. The summed E-state index contributed by atoms with van der Waals surface area (Å²) in [5.41, 5.74) is 0. The van der Waals surface area contributed by atoms with Gasteiger partial charge in [-0.1, -0.05) is 0 Å². The van der Waals surface area contributed by atoms with E-state index in [1.807, 2.05) is 0 Å². The molecular weight excluding hydrogens is 115 g/mol. The minimum atomic E-state index is 0.704. The molecule has 1 aliphatic rings. The monoisotopic (exact) mass is 128 g/mol. The van der Waals surface area contributed by atoms with Gasteiger partial charge in [-0.15, -0.1) is 0 Å². The predicted octanol–water partition coefficient (Wildman–Crippen LogP) is -0.953. The van der Waals surface area contributed by atoms with Crippen molar-refractivity contribution in [2.75, 3.05) is 0 Å². The summed E-state index contributed by atoms with van der Waals surface area (Å²) in [6, 6.07) is 0. The molecule has 0 aromatic heterocycles. The second-order valence-electron chi connectivity index (χ2n) is 3.39. The Morgan fingerprint density at radius 2 is 2.10 bits per heavy atom. The second-order valence-corrected chi connectivity index (χ2v) is 3.39. The Bertz CT molecular complexity index is 180. The van der Waals surface area contributed by atoms with Crippen LogP contribution in [0.2, 0.25) is 0 Å². The van der Waals surface area contributed by atoms with Gasteiger partial charge in [-0.25, -0.2) is 0 Å². The Labute approximate surface area is 66.0 Å². The maximum absolute atomic E-state index is 2.36. The summed E-state index contributed by atoms with van der Waals surface area (Å²) in [7, 11) is 2.51. The Kier molecular flexibility index (Phi) is 2.76. The molecule has 0 aromatic carbocycles. The van der Waals surface area contributed by atoms with Gasteiger partial charge in [0.15, 0.2) is 0 Å². The predicted molar refractivity (Wildman–Crippen MR) is 56.3 cm³/mol. The van der Waals surface area contributed by atoms with E-state index in [4.69, 9.17) is 0 Å². The molecule has 0 radical (unpaired) electrons. The van der Waals surface area contributed by atoms with Crippen molar-refractivity contribution in [1.29, 1.82) is 0 Å². The number of rotatable bonds is 1. The van der Waals surface area contributed by atoms with Crippen molar-refractivity contribution < 1.29 is 0 Å². The normalized spacial score (nSPS) is 15.6. The zero-order valence-electron chi connectivity index (χ0n) is 7.15. The fraction of sp³-hybridized carbons (Fsp3) is 0.667. The molecule has 1 aliphatic heterocycles. The van der Waals surface area contributed by atoms with Crippen molar-refractivity contribution in [2.45, 2.75) is 20.8 Å². The summed E-state index contributed by atoms with van der Waals surface area (Å²) in [5.74, 6) is 0.704. The molecule has 0 atom stereocenters. The van der Waals surface area contributed by atoms with E-state index in [1.54, 1.807) is 0 Å². The van der Waals surface area contributed by atoms with Crippen LogP contribution in [0.25, 0.3) is 0 Å². The molecule has 0 nitrogen and oxygen atoms in total. The summed E-state index contributed by atoms with van der Waals surface area (Å²) >= 11 is 0. The minimum absolute atomic E-state index is 0.704. The molecule has 0 aromatic rings. The molecule has 0 spiro atoms. The molecule has 0 N–H and O–H groups in total. The summed E-state index contributed by atoms with van der Waals surface area (Å²) < 4.78 is 0. The van der Waals surface area contributed by atoms with E-state index in [9.17, 15) is 0 Å². The fourth-order valence-corrected chi connectivity index (χ4v) is 1.28. The van der Waals surface area contributed by atoms with Gasteiger partial charge in [-0.3, -0.25) is 0 Å². The van der Waals surface area contributed by atoms with E-state index in [2.05, 4.69) is 34.5 Å². The quantitative estimate of drug-likeness (QED) is 0.398. The van der Waals surface area contributed by atoms with Crippen LogP contribution in [0.1, 0.15) is 20.8 Å². The second kappa shape index (κ2) is 3.41. The van der Waals surface area contributed by atoms with E-state index in [-0.39, 0.29) is 0 Å². The molecule has 1 heterocycles. The molecule has 4 heteroatoms. The average Bonchev–Trinajstić information content (AvgIpc) is 1.88. The SMILES string of the molecule is CC1=BC(C(C)C)=BBB1. The first-order valence-electron chi connectivity index (χ1n) is 4.07. The van der Waals surface area contributed by atoms with Crippen LogP contribution in [0.5, 0.6) is 0 Å². The molecule has 0 aliphatic carbocycles. The van der Waals surface area contributed by atoms with Gasteiger partial charge >= 0.3 is 65.4 Å². The van der Waals surface area contributed by atoms with Crippen LogP contribution in [-0.4, -0.2) is 38.7 Å². The first-order chi connectivity index (χ1) is 4.70. The first-order valence-corrected chi connectivity index (χ1v) is 4.07. The van der Waals surface area contributed by atoms with Crippen LogP contribution >= 0.6 is 0 Å². The molecule has 0 amide bonds. The van der Waals surface area contributed by atoms with E-state index in [0.717, 1.165) is 0 Å². The summed E-state index contributed by atoms with van der Waals surface area (Å²) in [5, 5.41) is 3.05. The van der Waals surface area contributed by atoms with E-state index in [0.29, 0.717) is 5.92 Å². The van der Waals surface area contributed by atoms with Crippen molar-refractivity contribution in [1.82, 2.24) is 0 Å². The van der Waals surface area contributed by atoms with Gasteiger partial charge in [0, 0.05) is 0 Å². The summed E-state index contributed by atoms with van der Waals surface area (Å²) in [4.78, 5) is 0. The summed E-state index contributed by atoms with van der Waals surface area (Å²) in [6.07, 6.45) is 0. The van der Waals surface area contributed by atoms with Crippen molar-refractivity contribution in [2.24, 2.45) is 5.92 Å². The van der Waals surface area contributed by atoms with Crippen LogP contribution in [0, 0.1) is 5.92 Å². The molecule has 1 rings (SSSR count). The van der Waals surface area contributed by atoms with E-state index >= 15 is 0 Å². The van der Waals surface area contributed by atoms with Gasteiger partial charge in [0.25, 0.3) is 0 Å². The van der Waals surface area contributed by atoms with Crippen LogP contribution in [0.4, 0.5) is 0 Å². The number of hydrogen-bond donors (Lipinski definition) is 0. The van der Waals surface area contributed by atoms with Crippen LogP contribution in [-0.2, 0) is 0 Å². The summed E-state index contributed by atoms with van der Waals surface area (Å²) in [6.45, 7) is 11.4. The number of hydrogen-bond acceptors (Lipinski definition) is 0. The molecule has 0 unspecified atom stereocenters. The van der Waals surface area contributed by atoms with Crippen LogP contribution in [0.3, 0.4) is 0 Å². The van der Waals surface area contributed by atoms with Gasteiger partial charge in [-0.05, 0) is 0 Å². The van der Waals surface area contributed by atoms with Crippen LogP contribution < -0.4 is 0 Å².